The molecule has 0 bridgehead atoms. The number of rotatable bonds is 5. The topological polar surface area (TPSA) is 35.2 Å². The average molecular weight is 203 g/mol. The third kappa shape index (κ3) is 3.88. The van der Waals surface area contributed by atoms with Crippen LogP contribution in [0.4, 0.5) is 0 Å². The Hall–Kier alpha value is 0.270. The van der Waals surface area contributed by atoms with Crippen LogP contribution in [0, 0.1) is 5.92 Å². The molecule has 0 aromatic carbocycles. The van der Waals surface area contributed by atoms with Crippen LogP contribution < -0.4 is 5.73 Å². The molecule has 78 valence electrons. The highest BCUT2D eigenvalue weighted by atomic mass is 32.2. The van der Waals surface area contributed by atoms with Gasteiger partial charge in [0.25, 0.3) is 0 Å². The predicted molar refractivity (Wildman–Crippen MR) is 59.1 cm³/mol. The molecular formula is C10H21NOS. The average Bonchev–Trinajstić information content (AvgIpc) is 2.19. The first kappa shape index (κ1) is 11.3. The van der Waals surface area contributed by atoms with Gasteiger partial charge >= 0.3 is 0 Å². The largest absolute Gasteiger partial charge is 0.378 e. The summed E-state index contributed by atoms with van der Waals surface area (Å²) in [4.78, 5) is 0. The van der Waals surface area contributed by atoms with E-state index in [-0.39, 0.29) is 0 Å². The quantitative estimate of drug-likeness (QED) is 0.741. The Kier molecular flexibility index (Phi) is 5.83. The fraction of sp³-hybridized carbons (Fsp3) is 1.00. The smallest absolute Gasteiger partial charge is 0.0623 e. The lowest BCUT2D eigenvalue weighted by Crippen LogP contribution is -2.30. The van der Waals surface area contributed by atoms with E-state index < -0.39 is 0 Å². The van der Waals surface area contributed by atoms with Crippen molar-refractivity contribution in [2.45, 2.75) is 32.3 Å². The fourth-order valence-electron chi connectivity index (χ4n) is 1.89. The highest BCUT2D eigenvalue weighted by molar-refractivity contribution is 7.99. The summed E-state index contributed by atoms with van der Waals surface area (Å²) < 4.78 is 5.73. The number of thioether (sulfide) groups is 1. The van der Waals surface area contributed by atoms with Crippen LogP contribution in [0.25, 0.3) is 0 Å². The van der Waals surface area contributed by atoms with Gasteiger partial charge in [-0.2, -0.15) is 11.8 Å². The maximum Gasteiger partial charge on any atom is 0.0623 e. The van der Waals surface area contributed by atoms with Gasteiger partial charge in [0.05, 0.1) is 6.10 Å². The van der Waals surface area contributed by atoms with E-state index in [2.05, 4.69) is 18.7 Å². The second-order valence-electron chi connectivity index (χ2n) is 3.55. The Morgan fingerprint density at radius 3 is 3.00 bits per heavy atom. The molecule has 0 radical (unpaired) electrons. The molecule has 13 heavy (non-hydrogen) atoms. The van der Waals surface area contributed by atoms with Gasteiger partial charge in [-0.05, 0) is 50.2 Å². The first-order valence-electron chi connectivity index (χ1n) is 5.28. The molecule has 2 nitrogen and oxygen atoms in total. The minimum atomic E-state index is 0.419. The zero-order valence-corrected chi connectivity index (χ0v) is 9.31. The molecule has 2 unspecified atom stereocenters. The van der Waals surface area contributed by atoms with E-state index in [1.807, 2.05) is 0 Å². The van der Waals surface area contributed by atoms with E-state index >= 15 is 0 Å². The van der Waals surface area contributed by atoms with Gasteiger partial charge in [0.1, 0.15) is 0 Å². The van der Waals surface area contributed by atoms with Crippen molar-refractivity contribution >= 4 is 11.8 Å². The minimum Gasteiger partial charge on any atom is -0.378 e. The van der Waals surface area contributed by atoms with Crippen molar-refractivity contribution in [1.82, 2.24) is 0 Å². The fourth-order valence-corrected chi connectivity index (χ4v) is 3.11. The third-order valence-corrected chi connectivity index (χ3v) is 3.79. The van der Waals surface area contributed by atoms with Crippen LogP contribution in [0.15, 0.2) is 0 Å². The molecule has 0 spiro atoms. The van der Waals surface area contributed by atoms with Crippen LogP contribution in [-0.4, -0.2) is 30.8 Å². The van der Waals surface area contributed by atoms with Crippen molar-refractivity contribution in [1.29, 1.82) is 0 Å². The van der Waals surface area contributed by atoms with Gasteiger partial charge in [0, 0.05) is 6.61 Å². The van der Waals surface area contributed by atoms with E-state index in [9.17, 15) is 0 Å². The van der Waals surface area contributed by atoms with Crippen molar-refractivity contribution < 1.29 is 4.74 Å². The first-order valence-corrected chi connectivity index (χ1v) is 6.43. The summed E-state index contributed by atoms with van der Waals surface area (Å²) >= 11 is 2.06. The SMILES string of the molecule is CCOC(CCN)C1CCCSC1. The Morgan fingerprint density at radius 1 is 1.62 bits per heavy atom. The minimum absolute atomic E-state index is 0.419. The molecule has 1 heterocycles. The Bertz CT molecular complexity index is 120. The van der Waals surface area contributed by atoms with Gasteiger partial charge in [0.2, 0.25) is 0 Å². The summed E-state index contributed by atoms with van der Waals surface area (Å²) in [6, 6.07) is 0. The van der Waals surface area contributed by atoms with Gasteiger partial charge < -0.3 is 10.5 Å². The highest BCUT2D eigenvalue weighted by Gasteiger charge is 2.23. The normalized spacial score (nSPS) is 25.8. The van der Waals surface area contributed by atoms with E-state index in [1.165, 1.54) is 24.3 Å². The van der Waals surface area contributed by atoms with Gasteiger partial charge in [-0.15, -0.1) is 0 Å². The van der Waals surface area contributed by atoms with Gasteiger partial charge in [-0.1, -0.05) is 0 Å². The predicted octanol–water partition coefficient (Wildman–Crippen LogP) is 1.88. The lowest BCUT2D eigenvalue weighted by molar-refractivity contribution is 0.0192. The second-order valence-corrected chi connectivity index (χ2v) is 4.70. The molecule has 3 heteroatoms. The summed E-state index contributed by atoms with van der Waals surface area (Å²) in [7, 11) is 0. The van der Waals surface area contributed by atoms with Crippen LogP contribution in [0.5, 0.6) is 0 Å². The zero-order chi connectivity index (χ0) is 9.52. The monoisotopic (exact) mass is 203 g/mol. The number of nitrogens with two attached hydrogens (primary N) is 1. The van der Waals surface area contributed by atoms with E-state index in [0.717, 1.165) is 25.5 Å². The molecule has 0 aromatic heterocycles. The van der Waals surface area contributed by atoms with Crippen molar-refractivity contribution in [3.63, 3.8) is 0 Å². The van der Waals surface area contributed by atoms with Crippen LogP contribution in [-0.2, 0) is 4.74 Å². The molecule has 1 aliphatic rings. The van der Waals surface area contributed by atoms with Crippen LogP contribution in [0.1, 0.15) is 26.2 Å². The standard InChI is InChI=1S/C10H21NOS/c1-2-12-10(5-6-11)9-4-3-7-13-8-9/h9-10H,2-8,11H2,1H3. The molecule has 1 rings (SSSR count). The van der Waals surface area contributed by atoms with E-state index in [1.54, 1.807) is 0 Å². The molecule has 1 saturated heterocycles. The van der Waals surface area contributed by atoms with Crippen molar-refractivity contribution in [3.8, 4) is 0 Å². The molecule has 1 aliphatic heterocycles. The third-order valence-electron chi connectivity index (χ3n) is 2.55. The Labute approximate surface area is 85.6 Å². The summed E-state index contributed by atoms with van der Waals surface area (Å²) in [5, 5.41) is 0. The molecule has 0 amide bonds. The Balaban J connectivity index is 2.32. The van der Waals surface area contributed by atoms with Crippen LogP contribution in [0.3, 0.4) is 0 Å². The molecule has 2 atom stereocenters. The zero-order valence-electron chi connectivity index (χ0n) is 8.50. The first-order chi connectivity index (χ1) is 6.38. The lowest BCUT2D eigenvalue weighted by Gasteiger charge is -2.29. The van der Waals surface area contributed by atoms with Crippen molar-refractivity contribution in [2.24, 2.45) is 11.7 Å². The molecule has 0 aromatic rings. The summed E-state index contributed by atoms with van der Waals surface area (Å²) in [5.41, 5.74) is 5.58. The maximum atomic E-state index is 5.73. The van der Waals surface area contributed by atoms with Gasteiger partial charge in [-0.3, -0.25) is 0 Å². The summed E-state index contributed by atoms with van der Waals surface area (Å²) in [5.74, 6) is 3.35. The molecular weight excluding hydrogens is 182 g/mol. The second kappa shape index (κ2) is 6.68. The highest BCUT2D eigenvalue weighted by Crippen LogP contribution is 2.27. The summed E-state index contributed by atoms with van der Waals surface area (Å²) in [6.45, 7) is 3.65. The molecule has 1 fully saturated rings. The number of hydrogen-bond acceptors (Lipinski definition) is 3. The van der Waals surface area contributed by atoms with Crippen LogP contribution in [0.2, 0.25) is 0 Å². The molecule has 0 aliphatic carbocycles. The van der Waals surface area contributed by atoms with Crippen LogP contribution >= 0.6 is 11.8 Å². The van der Waals surface area contributed by atoms with E-state index in [0.29, 0.717) is 6.10 Å². The van der Waals surface area contributed by atoms with Gasteiger partial charge in [0.15, 0.2) is 0 Å². The Morgan fingerprint density at radius 2 is 2.46 bits per heavy atom. The molecule has 2 N–H and O–H groups in total. The lowest BCUT2D eigenvalue weighted by atomic mass is 9.96. The van der Waals surface area contributed by atoms with E-state index in [4.69, 9.17) is 10.5 Å². The van der Waals surface area contributed by atoms with Gasteiger partial charge in [-0.25, -0.2) is 0 Å². The summed E-state index contributed by atoms with van der Waals surface area (Å²) in [6.07, 6.45) is 4.13. The molecule has 0 saturated carbocycles. The number of ether oxygens (including phenoxy) is 1. The number of hydrogen-bond donors (Lipinski definition) is 1. The van der Waals surface area contributed by atoms with Crippen molar-refractivity contribution in [3.05, 3.63) is 0 Å². The van der Waals surface area contributed by atoms with Crippen molar-refractivity contribution in [2.75, 3.05) is 24.7 Å². The maximum absolute atomic E-state index is 5.73.